The molecule has 5 rings (SSSR count). The molecule has 0 bridgehead atoms. The highest BCUT2D eigenvalue weighted by atomic mass is 32.2. The fourth-order valence-electron chi connectivity index (χ4n) is 3.75. The first-order valence-corrected chi connectivity index (χ1v) is 12.0. The van der Waals surface area contributed by atoms with Crippen LogP contribution in [-0.4, -0.2) is 23.2 Å². The Morgan fingerprint density at radius 2 is 1.64 bits per heavy atom. The van der Waals surface area contributed by atoms with Gasteiger partial charge in [-0.05, 0) is 37.3 Å². The number of nitrogens with zero attached hydrogens (tertiary/aromatic N) is 3. The van der Waals surface area contributed by atoms with Gasteiger partial charge in [0.25, 0.3) is 0 Å². The van der Waals surface area contributed by atoms with E-state index >= 15 is 0 Å². The van der Waals surface area contributed by atoms with E-state index in [0.717, 1.165) is 33.3 Å². The van der Waals surface area contributed by atoms with Gasteiger partial charge in [0.05, 0.1) is 21.8 Å². The molecule has 164 valence electrons. The first-order valence-electron chi connectivity index (χ1n) is 10.6. The minimum atomic E-state index is -3.67. The second-order valence-corrected chi connectivity index (χ2v) is 9.57. The quantitative estimate of drug-likeness (QED) is 0.397. The Morgan fingerprint density at radius 3 is 2.42 bits per heavy atom. The van der Waals surface area contributed by atoms with Gasteiger partial charge in [-0.2, -0.15) is 5.10 Å². The van der Waals surface area contributed by atoms with Crippen molar-refractivity contribution < 1.29 is 8.42 Å². The molecule has 0 amide bonds. The summed E-state index contributed by atoms with van der Waals surface area (Å²) in [5.74, 6) is 0. The third kappa shape index (κ3) is 4.28. The average molecular weight is 455 g/mol. The predicted molar refractivity (Wildman–Crippen MR) is 130 cm³/mol. The Hall–Kier alpha value is -3.81. The van der Waals surface area contributed by atoms with Crippen LogP contribution in [-0.2, 0) is 16.6 Å². The van der Waals surface area contributed by atoms with Crippen molar-refractivity contribution in [2.75, 3.05) is 0 Å². The number of aryl methyl sites for hydroxylation is 1. The number of hydrogen-bond acceptors (Lipinski definition) is 4. The van der Waals surface area contributed by atoms with Gasteiger partial charge >= 0.3 is 0 Å². The Balaban J connectivity index is 1.57. The number of hydrogen-bond donors (Lipinski definition) is 1. The van der Waals surface area contributed by atoms with Gasteiger partial charge in [-0.3, -0.25) is 4.98 Å². The fraction of sp³-hybridized carbons (Fsp3) is 0.0769. The first-order chi connectivity index (χ1) is 16.0. The Labute approximate surface area is 192 Å². The molecule has 2 aromatic heterocycles. The van der Waals surface area contributed by atoms with E-state index in [1.54, 1.807) is 35.1 Å². The van der Waals surface area contributed by atoms with E-state index in [1.165, 1.54) is 0 Å². The summed E-state index contributed by atoms with van der Waals surface area (Å²) in [6, 6.07) is 26.4. The molecule has 0 saturated heterocycles. The number of benzene rings is 3. The minimum absolute atomic E-state index is 0.0988. The van der Waals surface area contributed by atoms with E-state index in [4.69, 9.17) is 5.10 Å². The van der Waals surface area contributed by atoms with Crippen molar-refractivity contribution in [3.63, 3.8) is 0 Å². The lowest BCUT2D eigenvalue weighted by Crippen LogP contribution is -2.23. The largest absolute Gasteiger partial charge is 0.256 e. The van der Waals surface area contributed by atoms with Gasteiger partial charge in [-0.25, -0.2) is 17.8 Å². The second kappa shape index (κ2) is 8.61. The molecule has 0 aliphatic carbocycles. The summed E-state index contributed by atoms with van der Waals surface area (Å²) < 4.78 is 30.3. The Kier molecular flexibility index (Phi) is 5.50. The molecule has 33 heavy (non-hydrogen) atoms. The highest BCUT2D eigenvalue weighted by Gasteiger charge is 2.19. The molecule has 1 N–H and O–H groups in total. The summed E-state index contributed by atoms with van der Waals surface area (Å²) in [7, 11) is -3.67. The summed E-state index contributed by atoms with van der Waals surface area (Å²) in [5, 5.41) is 5.82. The highest BCUT2D eigenvalue weighted by molar-refractivity contribution is 7.89. The molecule has 0 saturated carbocycles. The molecule has 0 unspecified atom stereocenters. The third-order valence-electron chi connectivity index (χ3n) is 5.48. The number of fused-ring (bicyclic) bond motifs is 1. The molecule has 2 heterocycles. The number of aromatic nitrogens is 3. The zero-order valence-electron chi connectivity index (χ0n) is 18.0. The van der Waals surface area contributed by atoms with Crippen molar-refractivity contribution in [3.8, 4) is 16.9 Å². The van der Waals surface area contributed by atoms with E-state index in [2.05, 4.69) is 9.71 Å². The number of nitrogens with one attached hydrogen (secondary N) is 1. The van der Waals surface area contributed by atoms with E-state index in [0.29, 0.717) is 5.69 Å². The van der Waals surface area contributed by atoms with Crippen LogP contribution in [0.1, 0.15) is 11.1 Å². The van der Waals surface area contributed by atoms with Crippen LogP contribution >= 0.6 is 0 Å². The topological polar surface area (TPSA) is 76.9 Å². The Bertz CT molecular complexity index is 1520. The normalized spacial score (nSPS) is 11.7. The zero-order chi connectivity index (χ0) is 22.8. The van der Waals surface area contributed by atoms with Crippen LogP contribution in [0, 0.1) is 6.92 Å². The van der Waals surface area contributed by atoms with Gasteiger partial charge < -0.3 is 0 Å². The van der Waals surface area contributed by atoms with Gasteiger partial charge in [-0.1, -0.05) is 60.2 Å². The molecule has 0 radical (unpaired) electrons. The summed E-state index contributed by atoms with van der Waals surface area (Å²) in [6.45, 7) is 2.02. The van der Waals surface area contributed by atoms with Crippen LogP contribution in [0.25, 0.3) is 27.8 Å². The van der Waals surface area contributed by atoms with Gasteiger partial charge in [-0.15, -0.1) is 0 Å². The smallest absolute Gasteiger partial charge is 0.240 e. The SMILES string of the molecule is Cc1ccc(S(=O)(=O)NCc2cn(-c3ccccc3)nc2-c2cccc3cccnc23)cc1. The zero-order valence-corrected chi connectivity index (χ0v) is 18.8. The summed E-state index contributed by atoms with van der Waals surface area (Å²) in [5.41, 5.74) is 5.01. The number of pyridine rings is 1. The Morgan fingerprint density at radius 1 is 0.879 bits per heavy atom. The lowest BCUT2D eigenvalue weighted by atomic mass is 10.0. The molecule has 0 spiro atoms. The van der Waals surface area contributed by atoms with Gasteiger partial charge in [0.1, 0.15) is 0 Å². The second-order valence-electron chi connectivity index (χ2n) is 7.80. The molecular weight excluding hydrogens is 432 g/mol. The summed E-state index contributed by atoms with van der Waals surface area (Å²) in [4.78, 5) is 4.79. The minimum Gasteiger partial charge on any atom is -0.256 e. The van der Waals surface area contributed by atoms with Crippen LogP contribution in [0.15, 0.2) is 102 Å². The lowest BCUT2D eigenvalue weighted by molar-refractivity contribution is 0.581. The van der Waals surface area contributed by atoms with E-state index in [9.17, 15) is 8.42 Å². The van der Waals surface area contributed by atoms with Gasteiger partial charge in [0, 0.05) is 35.5 Å². The molecule has 6 nitrogen and oxygen atoms in total. The molecule has 5 aromatic rings. The van der Waals surface area contributed by atoms with Crippen molar-refractivity contribution in [1.29, 1.82) is 0 Å². The molecule has 0 aliphatic heterocycles. The molecule has 3 aromatic carbocycles. The molecule has 0 fully saturated rings. The lowest BCUT2D eigenvalue weighted by Gasteiger charge is -2.08. The standard InChI is InChI=1S/C26H22N4O2S/c1-19-12-14-23(15-13-19)33(31,32)28-17-21-18-30(22-9-3-2-4-10-22)29-26(21)24-11-5-7-20-8-6-16-27-25(20)24/h2-16,18,28H,17H2,1H3. The maximum Gasteiger partial charge on any atom is 0.240 e. The molecule has 0 atom stereocenters. The predicted octanol–water partition coefficient (Wildman–Crippen LogP) is 4.87. The van der Waals surface area contributed by atoms with Crippen molar-refractivity contribution in [1.82, 2.24) is 19.5 Å². The highest BCUT2D eigenvalue weighted by Crippen LogP contribution is 2.29. The van der Waals surface area contributed by atoms with E-state index in [1.807, 2.05) is 73.8 Å². The van der Waals surface area contributed by atoms with Crippen molar-refractivity contribution in [2.45, 2.75) is 18.4 Å². The maximum absolute atomic E-state index is 12.9. The molecular formula is C26H22N4O2S. The number of rotatable bonds is 6. The van der Waals surface area contributed by atoms with Crippen LogP contribution in [0.4, 0.5) is 0 Å². The number of sulfonamides is 1. The van der Waals surface area contributed by atoms with Gasteiger partial charge in [0.2, 0.25) is 10.0 Å². The van der Waals surface area contributed by atoms with E-state index in [-0.39, 0.29) is 11.4 Å². The van der Waals surface area contributed by atoms with Crippen molar-refractivity contribution in [3.05, 3.63) is 108 Å². The van der Waals surface area contributed by atoms with Crippen LogP contribution in [0.2, 0.25) is 0 Å². The van der Waals surface area contributed by atoms with Crippen molar-refractivity contribution >= 4 is 20.9 Å². The maximum atomic E-state index is 12.9. The summed E-state index contributed by atoms with van der Waals surface area (Å²) in [6.07, 6.45) is 3.61. The average Bonchev–Trinajstić information content (AvgIpc) is 3.27. The molecule has 0 aliphatic rings. The van der Waals surface area contributed by atoms with Crippen molar-refractivity contribution in [2.24, 2.45) is 0 Å². The van der Waals surface area contributed by atoms with Crippen LogP contribution < -0.4 is 4.72 Å². The van der Waals surface area contributed by atoms with Gasteiger partial charge in [0.15, 0.2) is 0 Å². The third-order valence-corrected chi connectivity index (χ3v) is 6.90. The van der Waals surface area contributed by atoms with Crippen LogP contribution in [0.5, 0.6) is 0 Å². The summed E-state index contributed by atoms with van der Waals surface area (Å²) >= 11 is 0. The first kappa shape index (κ1) is 21.1. The fourth-order valence-corrected chi connectivity index (χ4v) is 4.75. The van der Waals surface area contributed by atoms with Crippen LogP contribution in [0.3, 0.4) is 0 Å². The molecule has 7 heteroatoms. The monoisotopic (exact) mass is 454 g/mol. The number of para-hydroxylation sites is 2. The van der Waals surface area contributed by atoms with E-state index < -0.39 is 10.0 Å².